The van der Waals surface area contributed by atoms with Crippen LogP contribution < -0.4 is 10.5 Å². The van der Waals surface area contributed by atoms with Crippen molar-refractivity contribution in [3.63, 3.8) is 0 Å². The maximum atomic E-state index is 12.3. The summed E-state index contributed by atoms with van der Waals surface area (Å²) >= 11 is 0. The lowest BCUT2D eigenvalue weighted by Gasteiger charge is -2.32. The summed E-state index contributed by atoms with van der Waals surface area (Å²) in [4.78, 5) is 32.2. The number of nitrogens with zero attached hydrogens (tertiary/aromatic N) is 6. The van der Waals surface area contributed by atoms with Gasteiger partial charge in [0.2, 0.25) is 0 Å². The molecule has 0 radical (unpaired) electrons. The fraction of sp³-hybridized carbons (Fsp3) is 0.261. The molecule has 30 heavy (non-hydrogen) atoms. The van der Waals surface area contributed by atoms with Crippen LogP contribution >= 0.6 is 0 Å². The first-order valence-corrected chi connectivity index (χ1v) is 10.1. The number of hydrogen-bond acceptors (Lipinski definition) is 6. The minimum absolute atomic E-state index is 0.0472. The van der Waals surface area contributed by atoms with E-state index in [4.69, 9.17) is 4.98 Å². The molecule has 7 nitrogen and oxygen atoms in total. The Morgan fingerprint density at radius 1 is 0.967 bits per heavy atom. The van der Waals surface area contributed by atoms with Crippen LogP contribution in [0.5, 0.6) is 0 Å². The minimum Gasteiger partial charge on any atom is -0.352 e. The fourth-order valence-corrected chi connectivity index (χ4v) is 4.04. The normalized spacial score (nSPS) is 14.9. The van der Waals surface area contributed by atoms with Gasteiger partial charge < -0.3 is 9.47 Å². The van der Waals surface area contributed by atoms with Crippen molar-refractivity contribution in [3.8, 4) is 11.1 Å². The molecule has 0 bridgehead atoms. The maximum absolute atomic E-state index is 12.3. The Morgan fingerprint density at radius 2 is 1.77 bits per heavy atom. The molecule has 0 N–H and O–H groups in total. The second-order valence-electron chi connectivity index (χ2n) is 7.67. The molecular weight excluding hydrogens is 376 g/mol. The van der Waals surface area contributed by atoms with Crippen molar-refractivity contribution in [1.29, 1.82) is 0 Å². The van der Waals surface area contributed by atoms with E-state index in [0.717, 1.165) is 53.8 Å². The molecule has 1 fully saturated rings. The summed E-state index contributed by atoms with van der Waals surface area (Å²) in [6.07, 6.45) is 10.7. The third kappa shape index (κ3) is 3.43. The Bertz CT molecular complexity index is 1250. The van der Waals surface area contributed by atoms with Gasteiger partial charge in [0.1, 0.15) is 0 Å². The average molecular weight is 398 g/mol. The molecule has 0 unspecified atom stereocenters. The van der Waals surface area contributed by atoms with E-state index in [1.807, 2.05) is 18.3 Å². The van der Waals surface area contributed by atoms with E-state index in [1.54, 1.807) is 36.4 Å². The molecule has 5 rings (SSSR count). The van der Waals surface area contributed by atoms with E-state index < -0.39 is 0 Å². The zero-order valence-electron chi connectivity index (χ0n) is 16.8. The second-order valence-corrected chi connectivity index (χ2v) is 7.67. The molecule has 0 aromatic carbocycles. The molecule has 1 aliphatic heterocycles. The second kappa shape index (κ2) is 7.67. The molecule has 7 heteroatoms. The number of piperidine rings is 1. The standard InChI is InChI=1S/C23H22N6O/c1-28-13-10-25-22(23(28)30)29-11-6-17(7-12-29)20-3-2-18-14-19(15-26-21(18)27-20)16-4-8-24-9-5-16/h2-5,8-10,13-15,17H,6-7,11-12H2,1H3. The van der Waals surface area contributed by atoms with E-state index in [2.05, 4.69) is 38.1 Å². The van der Waals surface area contributed by atoms with Crippen LogP contribution in [0.15, 0.2) is 66.1 Å². The summed E-state index contributed by atoms with van der Waals surface area (Å²) in [5, 5.41) is 1.03. The number of aromatic nitrogens is 5. The zero-order valence-corrected chi connectivity index (χ0v) is 16.8. The third-order valence-corrected chi connectivity index (χ3v) is 5.79. The number of pyridine rings is 3. The van der Waals surface area contributed by atoms with Crippen LogP contribution in [0.2, 0.25) is 0 Å². The van der Waals surface area contributed by atoms with E-state index >= 15 is 0 Å². The van der Waals surface area contributed by atoms with Crippen LogP contribution in [0.4, 0.5) is 5.82 Å². The minimum atomic E-state index is -0.0472. The highest BCUT2D eigenvalue weighted by molar-refractivity contribution is 5.80. The summed E-state index contributed by atoms with van der Waals surface area (Å²) in [5.74, 6) is 0.898. The molecular formula is C23H22N6O. The van der Waals surface area contributed by atoms with Gasteiger partial charge in [-0.25, -0.2) is 15.0 Å². The summed E-state index contributed by atoms with van der Waals surface area (Å²) in [6.45, 7) is 1.59. The monoisotopic (exact) mass is 398 g/mol. The highest BCUT2D eigenvalue weighted by atomic mass is 16.1. The molecule has 1 saturated heterocycles. The van der Waals surface area contributed by atoms with Crippen molar-refractivity contribution >= 4 is 16.9 Å². The van der Waals surface area contributed by atoms with Crippen molar-refractivity contribution in [2.75, 3.05) is 18.0 Å². The Morgan fingerprint density at radius 3 is 2.57 bits per heavy atom. The first kappa shape index (κ1) is 18.4. The predicted octanol–water partition coefficient (Wildman–Crippen LogP) is 3.17. The van der Waals surface area contributed by atoms with Gasteiger partial charge in [0.15, 0.2) is 11.5 Å². The lowest BCUT2D eigenvalue weighted by molar-refractivity contribution is 0.492. The molecule has 0 amide bonds. The van der Waals surface area contributed by atoms with E-state index in [0.29, 0.717) is 11.7 Å². The number of anilines is 1. The van der Waals surface area contributed by atoms with Crippen molar-refractivity contribution in [2.24, 2.45) is 7.05 Å². The van der Waals surface area contributed by atoms with Crippen molar-refractivity contribution in [2.45, 2.75) is 18.8 Å². The first-order valence-electron chi connectivity index (χ1n) is 10.1. The first-order chi connectivity index (χ1) is 14.7. The lowest BCUT2D eigenvalue weighted by atomic mass is 9.93. The Kier molecular flexibility index (Phi) is 4.71. The largest absolute Gasteiger partial charge is 0.352 e. The molecule has 0 atom stereocenters. The molecule has 4 aromatic heterocycles. The highest BCUT2D eigenvalue weighted by Crippen LogP contribution is 2.29. The third-order valence-electron chi connectivity index (χ3n) is 5.79. The number of aryl methyl sites for hydroxylation is 1. The van der Waals surface area contributed by atoms with Crippen LogP contribution in [0.25, 0.3) is 22.2 Å². The zero-order chi connectivity index (χ0) is 20.5. The smallest absolute Gasteiger partial charge is 0.293 e. The van der Waals surface area contributed by atoms with Crippen molar-refractivity contribution in [3.05, 3.63) is 77.4 Å². The van der Waals surface area contributed by atoms with Crippen LogP contribution in [0.1, 0.15) is 24.5 Å². The number of rotatable bonds is 3. The Labute approximate surface area is 174 Å². The molecule has 4 aromatic rings. The summed E-state index contributed by atoms with van der Waals surface area (Å²) in [6, 6.07) is 10.3. The Hall–Kier alpha value is -3.61. The molecule has 0 aliphatic carbocycles. The predicted molar refractivity (Wildman–Crippen MR) is 116 cm³/mol. The molecule has 150 valence electrons. The number of fused-ring (bicyclic) bond motifs is 1. The van der Waals surface area contributed by atoms with Gasteiger partial charge in [0, 0.05) is 73.7 Å². The molecule has 0 saturated carbocycles. The average Bonchev–Trinajstić information content (AvgIpc) is 2.81. The van der Waals surface area contributed by atoms with Crippen LogP contribution in [0.3, 0.4) is 0 Å². The van der Waals surface area contributed by atoms with Gasteiger partial charge in [-0.1, -0.05) is 0 Å². The van der Waals surface area contributed by atoms with Crippen molar-refractivity contribution in [1.82, 2.24) is 24.5 Å². The van der Waals surface area contributed by atoms with Gasteiger partial charge >= 0.3 is 0 Å². The van der Waals surface area contributed by atoms with Crippen LogP contribution in [0, 0.1) is 0 Å². The molecule has 1 aliphatic rings. The van der Waals surface area contributed by atoms with Crippen LogP contribution in [-0.2, 0) is 7.05 Å². The van der Waals surface area contributed by atoms with Gasteiger partial charge in [0.25, 0.3) is 5.56 Å². The lowest BCUT2D eigenvalue weighted by Crippen LogP contribution is -2.38. The van der Waals surface area contributed by atoms with Gasteiger partial charge in [-0.2, -0.15) is 0 Å². The molecule has 5 heterocycles. The SMILES string of the molecule is Cn1ccnc(N2CCC(c3ccc4cc(-c5ccncc5)cnc4n3)CC2)c1=O. The molecule has 0 spiro atoms. The van der Waals surface area contributed by atoms with Gasteiger partial charge in [-0.15, -0.1) is 0 Å². The topological polar surface area (TPSA) is 76.8 Å². The van der Waals surface area contributed by atoms with E-state index in [9.17, 15) is 4.79 Å². The van der Waals surface area contributed by atoms with Crippen LogP contribution in [-0.4, -0.2) is 37.6 Å². The van der Waals surface area contributed by atoms with E-state index in [-0.39, 0.29) is 5.56 Å². The summed E-state index contributed by atoms with van der Waals surface area (Å²) < 4.78 is 1.57. The van der Waals surface area contributed by atoms with Crippen molar-refractivity contribution < 1.29 is 0 Å². The Balaban J connectivity index is 1.34. The highest BCUT2D eigenvalue weighted by Gasteiger charge is 2.24. The summed E-state index contributed by atoms with van der Waals surface area (Å²) in [5.41, 5.74) is 3.95. The maximum Gasteiger partial charge on any atom is 0.293 e. The summed E-state index contributed by atoms with van der Waals surface area (Å²) in [7, 11) is 1.76. The van der Waals surface area contributed by atoms with E-state index in [1.165, 1.54) is 0 Å². The fourth-order valence-electron chi connectivity index (χ4n) is 4.04. The van der Waals surface area contributed by atoms with Gasteiger partial charge in [0.05, 0.1) is 0 Å². The number of hydrogen-bond donors (Lipinski definition) is 0. The quantitative estimate of drug-likeness (QED) is 0.528. The van der Waals surface area contributed by atoms with Gasteiger partial charge in [-0.3, -0.25) is 9.78 Å². The van der Waals surface area contributed by atoms with Gasteiger partial charge in [-0.05, 0) is 48.7 Å².